The largest absolute Gasteiger partial charge is 0.350 e. The number of rotatable bonds is 1. The summed E-state index contributed by atoms with van der Waals surface area (Å²) in [5.41, 5.74) is 3.42. The smallest absolute Gasteiger partial charge is 0.281 e. The van der Waals surface area contributed by atoms with E-state index >= 15 is 0 Å². The number of carbonyl (C=O) groups is 1. The summed E-state index contributed by atoms with van der Waals surface area (Å²) >= 11 is 3.39. The van der Waals surface area contributed by atoms with E-state index in [0.717, 1.165) is 15.4 Å². The molecule has 0 saturated carbocycles. The van der Waals surface area contributed by atoms with Crippen LogP contribution in [0.3, 0.4) is 0 Å². The Labute approximate surface area is 88.6 Å². The van der Waals surface area contributed by atoms with E-state index in [1.807, 2.05) is 18.2 Å². The number of aromatic nitrogens is 1. The molecule has 5 heteroatoms. The van der Waals surface area contributed by atoms with Crippen molar-refractivity contribution in [2.24, 2.45) is 5.84 Å². The molecule has 1 aromatic heterocycles. The van der Waals surface area contributed by atoms with Gasteiger partial charge in [-0.3, -0.25) is 10.2 Å². The summed E-state index contributed by atoms with van der Waals surface area (Å²) in [5.74, 6) is 4.71. The summed E-state index contributed by atoms with van der Waals surface area (Å²) in [6.07, 6.45) is 0. The van der Waals surface area contributed by atoms with Crippen molar-refractivity contribution in [1.82, 2.24) is 10.4 Å². The van der Waals surface area contributed by atoms with Gasteiger partial charge in [-0.15, -0.1) is 0 Å². The number of carbonyl (C=O) groups excluding carboxylic acids is 1. The quantitative estimate of drug-likeness (QED) is 0.410. The molecule has 72 valence electrons. The minimum Gasteiger partial charge on any atom is -0.350 e. The molecule has 1 amide bonds. The molecule has 0 saturated heterocycles. The molecular weight excluding hydrogens is 246 g/mol. The standard InChI is InChI=1S/C9H8BrN3O/c10-6-3-1-2-5-4-7(9(14)13-11)12-8(5)6/h1-4,12H,11H2,(H,13,14). The molecule has 1 heterocycles. The molecule has 0 aliphatic rings. The lowest BCUT2D eigenvalue weighted by Gasteiger charge is -1.93. The number of halogens is 1. The highest BCUT2D eigenvalue weighted by atomic mass is 79.9. The molecule has 4 N–H and O–H groups in total. The van der Waals surface area contributed by atoms with Gasteiger partial charge in [0.1, 0.15) is 5.69 Å². The zero-order chi connectivity index (χ0) is 10.1. The number of H-pyrrole nitrogens is 1. The predicted octanol–water partition coefficient (Wildman–Crippen LogP) is 1.53. The van der Waals surface area contributed by atoms with Crippen LogP contribution < -0.4 is 11.3 Å². The highest BCUT2D eigenvalue weighted by Gasteiger charge is 2.08. The third kappa shape index (κ3) is 1.40. The predicted molar refractivity (Wildman–Crippen MR) is 57.7 cm³/mol. The third-order valence-corrected chi connectivity index (χ3v) is 2.64. The van der Waals surface area contributed by atoms with Crippen LogP contribution in [0.5, 0.6) is 0 Å². The van der Waals surface area contributed by atoms with Crippen LogP contribution in [0.25, 0.3) is 10.9 Å². The monoisotopic (exact) mass is 253 g/mol. The lowest BCUT2D eigenvalue weighted by atomic mass is 10.2. The summed E-state index contributed by atoms with van der Waals surface area (Å²) in [4.78, 5) is 14.2. The van der Waals surface area contributed by atoms with Crippen LogP contribution >= 0.6 is 15.9 Å². The van der Waals surface area contributed by atoms with Crippen molar-refractivity contribution in [3.8, 4) is 0 Å². The molecule has 2 rings (SSSR count). The van der Waals surface area contributed by atoms with Gasteiger partial charge < -0.3 is 4.98 Å². The molecule has 0 atom stereocenters. The summed E-state index contributed by atoms with van der Waals surface area (Å²) in [7, 11) is 0. The van der Waals surface area contributed by atoms with E-state index < -0.39 is 0 Å². The van der Waals surface area contributed by atoms with Crippen LogP contribution in [-0.2, 0) is 0 Å². The molecule has 0 fully saturated rings. The van der Waals surface area contributed by atoms with Gasteiger partial charge in [0.25, 0.3) is 5.91 Å². The zero-order valence-corrected chi connectivity index (χ0v) is 8.76. The first kappa shape index (κ1) is 9.23. The molecule has 0 radical (unpaired) electrons. The molecule has 1 aromatic carbocycles. The number of nitrogen functional groups attached to an aromatic ring is 1. The molecule has 0 aliphatic heterocycles. The van der Waals surface area contributed by atoms with Crippen LogP contribution in [-0.4, -0.2) is 10.9 Å². The van der Waals surface area contributed by atoms with E-state index in [9.17, 15) is 4.79 Å². The first-order valence-electron chi connectivity index (χ1n) is 4.00. The molecular formula is C9H8BrN3O. The highest BCUT2D eigenvalue weighted by Crippen LogP contribution is 2.23. The zero-order valence-electron chi connectivity index (χ0n) is 7.17. The van der Waals surface area contributed by atoms with Crippen molar-refractivity contribution in [1.29, 1.82) is 0 Å². The van der Waals surface area contributed by atoms with Crippen molar-refractivity contribution in [3.63, 3.8) is 0 Å². The fourth-order valence-corrected chi connectivity index (χ4v) is 1.80. The van der Waals surface area contributed by atoms with Crippen molar-refractivity contribution in [3.05, 3.63) is 34.4 Å². The van der Waals surface area contributed by atoms with Crippen molar-refractivity contribution >= 4 is 32.7 Å². The van der Waals surface area contributed by atoms with E-state index in [2.05, 4.69) is 26.3 Å². The fraction of sp³-hybridized carbons (Fsp3) is 0. The van der Waals surface area contributed by atoms with Gasteiger partial charge in [-0.05, 0) is 28.1 Å². The second-order valence-electron chi connectivity index (χ2n) is 2.86. The Kier molecular flexibility index (Phi) is 2.26. The SMILES string of the molecule is NNC(=O)c1cc2cccc(Br)c2[nH]1. The summed E-state index contributed by atoms with van der Waals surface area (Å²) in [6, 6.07) is 7.49. The first-order chi connectivity index (χ1) is 6.72. The number of hydrogen-bond donors (Lipinski definition) is 3. The van der Waals surface area contributed by atoms with Crippen LogP contribution in [0.1, 0.15) is 10.5 Å². The maximum absolute atomic E-state index is 11.2. The number of benzene rings is 1. The van der Waals surface area contributed by atoms with Gasteiger partial charge in [-0.25, -0.2) is 5.84 Å². The average molecular weight is 254 g/mol. The first-order valence-corrected chi connectivity index (χ1v) is 4.80. The molecule has 0 aliphatic carbocycles. The molecule has 0 bridgehead atoms. The topological polar surface area (TPSA) is 70.9 Å². The average Bonchev–Trinajstić information content (AvgIpc) is 2.62. The van der Waals surface area contributed by atoms with Gasteiger partial charge in [0.05, 0.1) is 5.52 Å². The number of para-hydroxylation sites is 1. The normalized spacial score (nSPS) is 10.4. The molecule has 0 unspecified atom stereocenters. The Morgan fingerprint density at radius 1 is 1.50 bits per heavy atom. The summed E-state index contributed by atoms with van der Waals surface area (Å²) in [6.45, 7) is 0. The number of amides is 1. The molecule has 2 aromatic rings. The van der Waals surface area contributed by atoms with E-state index in [1.54, 1.807) is 6.07 Å². The summed E-state index contributed by atoms with van der Waals surface area (Å²) in [5, 5.41) is 0.970. The van der Waals surface area contributed by atoms with Gasteiger partial charge in [0.15, 0.2) is 0 Å². The minimum absolute atomic E-state index is 0.326. The Bertz CT molecular complexity index is 492. The number of hydrogen-bond acceptors (Lipinski definition) is 2. The van der Waals surface area contributed by atoms with Gasteiger partial charge in [0, 0.05) is 9.86 Å². The van der Waals surface area contributed by atoms with Crippen molar-refractivity contribution in [2.75, 3.05) is 0 Å². The molecule has 14 heavy (non-hydrogen) atoms. The van der Waals surface area contributed by atoms with Gasteiger partial charge in [0.2, 0.25) is 0 Å². The van der Waals surface area contributed by atoms with E-state index in [4.69, 9.17) is 5.84 Å². The lowest BCUT2D eigenvalue weighted by Crippen LogP contribution is -2.30. The highest BCUT2D eigenvalue weighted by molar-refractivity contribution is 9.10. The summed E-state index contributed by atoms with van der Waals surface area (Å²) < 4.78 is 0.922. The molecule has 4 nitrogen and oxygen atoms in total. The fourth-order valence-electron chi connectivity index (χ4n) is 1.32. The van der Waals surface area contributed by atoms with Crippen LogP contribution in [0.15, 0.2) is 28.7 Å². The van der Waals surface area contributed by atoms with Crippen molar-refractivity contribution in [2.45, 2.75) is 0 Å². The maximum atomic E-state index is 11.2. The number of hydrazine groups is 1. The Morgan fingerprint density at radius 3 is 2.93 bits per heavy atom. The van der Waals surface area contributed by atoms with Gasteiger partial charge in [-0.2, -0.15) is 0 Å². The van der Waals surface area contributed by atoms with Crippen LogP contribution in [0.2, 0.25) is 0 Å². The second kappa shape index (κ2) is 3.43. The Balaban J connectivity index is 2.62. The van der Waals surface area contributed by atoms with Crippen LogP contribution in [0.4, 0.5) is 0 Å². The number of nitrogens with two attached hydrogens (primary N) is 1. The maximum Gasteiger partial charge on any atom is 0.281 e. The lowest BCUT2D eigenvalue weighted by molar-refractivity contribution is 0.0949. The second-order valence-corrected chi connectivity index (χ2v) is 3.71. The third-order valence-electron chi connectivity index (χ3n) is 1.98. The number of aromatic amines is 1. The van der Waals surface area contributed by atoms with E-state index in [-0.39, 0.29) is 5.91 Å². The van der Waals surface area contributed by atoms with Gasteiger partial charge >= 0.3 is 0 Å². The van der Waals surface area contributed by atoms with E-state index in [1.165, 1.54) is 0 Å². The number of nitrogens with one attached hydrogen (secondary N) is 2. The Morgan fingerprint density at radius 2 is 2.29 bits per heavy atom. The van der Waals surface area contributed by atoms with Crippen LogP contribution in [0, 0.1) is 0 Å². The van der Waals surface area contributed by atoms with E-state index in [0.29, 0.717) is 5.69 Å². The van der Waals surface area contributed by atoms with Crippen molar-refractivity contribution < 1.29 is 4.79 Å². The Hall–Kier alpha value is -1.33. The minimum atomic E-state index is -0.326. The number of fused-ring (bicyclic) bond motifs is 1. The molecule has 0 spiro atoms. The van der Waals surface area contributed by atoms with Gasteiger partial charge in [-0.1, -0.05) is 12.1 Å².